The van der Waals surface area contributed by atoms with Crippen LogP contribution in [-0.2, 0) is 4.74 Å². The summed E-state index contributed by atoms with van der Waals surface area (Å²) in [6, 6.07) is 0. The first kappa shape index (κ1) is 16.1. The first-order chi connectivity index (χ1) is 9.56. The lowest BCUT2D eigenvalue weighted by molar-refractivity contribution is -0.132. The molecule has 2 N–H and O–H groups in total. The summed E-state index contributed by atoms with van der Waals surface area (Å²) in [4.78, 5) is 14.5. The van der Waals surface area contributed by atoms with E-state index < -0.39 is 0 Å². The number of carbonyl (C=O) groups excluding carboxylic acids is 1. The minimum absolute atomic E-state index is 0.0335. The van der Waals surface area contributed by atoms with Gasteiger partial charge in [-0.3, -0.25) is 4.79 Å². The molecular weight excluding hydrogens is 288 g/mol. The Morgan fingerprint density at radius 1 is 1.29 bits per heavy atom. The summed E-state index contributed by atoms with van der Waals surface area (Å²) in [7, 11) is 1.59. The number of nitrogen functional groups attached to an aromatic ring is 1. The van der Waals surface area contributed by atoms with E-state index in [2.05, 4.69) is 32.6 Å². The molecular formula is C15H24N2O3S. The van der Waals surface area contributed by atoms with E-state index in [9.17, 15) is 4.79 Å². The van der Waals surface area contributed by atoms with E-state index in [1.807, 2.05) is 0 Å². The van der Waals surface area contributed by atoms with Gasteiger partial charge in [-0.1, -0.05) is 0 Å². The van der Waals surface area contributed by atoms with E-state index in [-0.39, 0.29) is 17.0 Å². The molecule has 0 bridgehead atoms. The van der Waals surface area contributed by atoms with Gasteiger partial charge in [-0.25, -0.2) is 0 Å². The number of morpholine rings is 1. The molecule has 0 radical (unpaired) electrons. The van der Waals surface area contributed by atoms with Crippen molar-refractivity contribution in [2.45, 2.75) is 45.8 Å². The Kier molecular flexibility index (Phi) is 3.97. The molecule has 1 fully saturated rings. The molecule has 0 spiro atoms. The highest BCUT2D eigenvalue weighted by atomic mass is 32.1. The molecule has 0 amide bonds. The Morgan fingerprint density at radius 2 is 1.81 bits per heavy atom. The number of thiophene rings is 1. The summed E-state index contributed by atoms with van der Waals surface area (Å²) >= 11 is 1.40. The maximum atomic E-state index is 11.7. The Labute approximate surface area is 130 Å². The fourth-order valence-corrected chi connectivity index (χ4v) is 4.10. The minimum atomic E-state index is -0.276. The molecule has 0 aromatic carbocycles. The molecule has 1 aliphatic rings. The average Bonchev–Trinajstić information content (AvgIpc) is 2.62. The fourth-order valence-electron chi connectivity index (χ4n) is 3.01. The van der Waals surface area contributed by atoms with Gasteiger partial charge in [0.15, 0.2) is 11.5 Å². The van der Waals surface area contributed by atoms with Crippen LogP contribution in [-0.4, -0.2) is 37.2 Å². The van der Waals surface area contributed by atoms with Crippen LogP contribution in [0.1, 0.15) is 44.3 Å². The van der Waals surface area contributed by atoms with Crippen LogP contribution in [0.25, 0.3) is 0 Å². The summed E-state index contributed by atoms with van der Waals surface area (Å²) in [6.45, 7) is 11.2. The number of methoxy groups -OCH3 is 1. The highest BCUT2D eigenvalue weighted by molar-refractivity contribution is 7.19. The number of ketones is 1. The maximum absolute atomic E-state index is 11.7. The third-order valence-corrected chi connectivity index (χ3v) is 4.74. The zero-order valence-electron chi connectivity index (χ0n) is 13.6. The molecule has 5 nitrogen and oxygen atoms in total. The van der Waals surface area contributed by atoms with E-state index >= 15 is 0 Å². The molecule has 118 valence electrons. The van der Waals surface area contributed by atoms with Gasteiger partial charge in [0.25, 0.3) is 0 Å². The van der Waals surface area contributed by atoms with Crippen LogP contribution in [0.15, 0.2) is 0 Å². The van der Waals surface area contributed by atoms with Gasteiger partial charge in [-0.2, -0.15) is 0 Å². The third kappa shape index (κ3) is 3.16. The summed E-state index contributed by atoms with van der Waals surface area (Å²) in [5.41, 5.74) is 5.95. The van der Waals surface area contributed by atoms with Crippen LogP contribution in [0, 0.1) is 0 Å². The van der Waals surface area contributed by atoms with Crippen molar-refractivity contribution in [2.75, 3.05) is 30.8 Å². The minimum Gasteiger partial charge on any atom is -0.492 e. The van der Waals surface area contributed by atoms with Crippen LogP contribution in [0.5, 0.6) is 5.75 Å². The van der Waals surface area contributed by atoms with Gasteiger partial charge in [0.2, 0.25) is 0 Å². The Hall–Kier alpha value is -1.27. The second-order valence-corrected chi connectivity index (χ2v) is 7.72. The van der Waals surface area contributed by atoms with Gasteiger partial charge in [0.1, 0.15) is 5.00 Å². The number of hydrogen-bond acceptors (Lipinski definition) is 6. The van der Waals surface area contributed by atoms with Crippen molar-refractivity contribution in [3.63, 3.8) is 0 Å². The number of anilines is 2. The lowest BCUT2D eigenvalue weighted by atomic mass is 9.99. The van der Waals surface area contributed by atoms with Crippen molar-refractivity contribution in [3.05, 3.63) is 4.88 Å². The smallest absolute Gasteiger partial charge is 0.177 e. The molecule has 0 atom stereocenters. The maximum Gasteiger partial charge on any atom is 0.177 e. The van der Waals surface area contributed by atoms with Crippen LogP contribution in [0.3, 0.4) is 0 Å². The van der Waals surface area contributed by atoms with E-state index in [4.69, 9.17) is 15.2 Å². The van der Waals surface area contributed by atoms with Crippen molar-refractivity contribution < 1.29 is 14.3 Å². The predicted octanol–water partition coefficient (Wildman–Crippen LogP) is 2.94. The van der Waals surface area contributed by atoms with Gasteiger partial charge >= 0.3 is 0 Å². The van der Waals surface area contributed by atoms with Gasteiger partial charge in [-0.15, -0.1) is 11.3 Å². The molecule has 0 aliphatic carbocycles. The first-order valence-electron chi connectivity index (χ1n) is 6.98. The van der Waals surface area contributed by atoms with Crippen molar-refractivity contribution in [1.29, 1.82) is 0 Å². The predicted molar refractivity (Wildman–Crippen MR) is 86.7 cm³/mol. The number of Topliss-reactive ketones (excluding diaryl/α,β-unsaturated/α-hetero) is 1. The highest BCUT2D eigenvalue weighted by Gasteiger charge is 2.40. The lowest BCUT2D eigenvalue weighted by Gasteiger charge is -2.47. The second-order valence-electron chi connectivity index (χ2n) is 6.72. The van der Waals surface area contributed by atoms with Crippen molar-refractivity contribution in [3.8, 4) is 5.75 Å². The summed E-state index contributed by atoms with van der Waals surface area (Å²) < 4.78 is 11.5. The normalized spacial score (nSPS) is 20.4. The fraction of sp³-hybridized carbons (Fsp3) is 0.667. The van der Waals surface area contributed by atoms with Crippen molar-refractivity contribution in [2.24, 2.45) is 0 Å². The number of hydrogen-bond donors (Lipinski definition) is 1. The third-order valence-electron chi connectivity index (χ3n) is 3.39. The summed E-state index contributed by atoms with van der Waals surface area (Å²) in [5.74, 6) is 0.563. The standard InChI is InChI=1S/C15H24N2O3S/c1-9(18)12-10(16)11(19-6)13(21-12)17-7-14(2,3)20-15(4,5)8-17/h7-8,16H2,1-6H3. The molecule has 0 unspecified atom stereocenters. The van der Waals surface area contributed by atoms with Gasteiger partial charge < -0.3 is 20.1 Å². The molecule has 21 heavy (non-hydrogen) atoms. The lowest BCUT2D eigenvalue weighted by Crippen LogP contribution is -2.57. The molecule has 1 aliphatic heterocycles. The number of ether oxygens (including phenoxy) is 2. The van der Waals surface area contributed by atoms with Crippen LogP contribution in [0.4, 0.5) is 10.7 Å². The van der Waals surface area contributed by atoms with Crippen LogP contribution >= 0.6 is 11.3 Å². The number of nitrogens with zero attached hydrogens (tertiary/aromatic N) is 1. The number of carbonyl (C=O) groups is 1. The van der Waals surface area contributed by atoms with Crippen LogP contribution in [0.2, 0.25) is 0 Å². The van der Waals surface area contributed by atoms with E-state index in [1.165, 1.54) is 18.3 Å². The van der Waals surface area contributed by atoms with E-state index in [0.717, 1.165) is 18.1 Å². The van der Waals surface area contributed by atoms with Gasteiger partial charge in [0, 0.05) is 20.0 Å². The molecule has 2 heterocycles. The summed E-state index contributed by atoms with van der Waals surface area (Å²) in [5, 5.41) is 0.907. The first-order valence-corrected chi connectivity index (χ1v) is 7.80. The van der Waals surface area contributed by atoms with Gasteiger partial charge in [-0.05, 0) is 27.7 Å². The quantitative estimate of drug-likeness (QED) is 0.869. The molecule has 0 saturated carbocycles. The van der Waals surface area contributed by atoms with E-state index in [1.54, 1.807) is 7.11 Å². The molecule has 1 saturated heterocycles. The average molecular weight is 312 g/mol. The number of rotatable bonds is 3. The van der Waals surface area contributed by atoms with Crippen molar-refractivity contribution >= 4 is 27.8 Å². The summed E-state index contributed by atoms with van der Waals surface area (Å²) in [6.07, 6.45) is 0. The van der Waals surface area contributed by atoms with Crippen molar-refractivity contribution in [1.82, 2.24) is 0 Å². The SMILES string of the molecule is COc1c(N2CC(C)(C)OC(C)(C)C2)sc(C(C)=O)c1N. The molecule has 1 aromatic rings. The Bertz CT molecular complexity index is 548. The largest absolute Gasteiger partial charge is 0.492 e. The highest BCUT2D eigenvalue weighted by Crippen LogP contribution is 2.47. The monoisotopic (exact) mass is 312 g/mol. The van der Waals surface area contributed by atoms with Crippen LogP contribution < -0.4 is 15.4 Å². The van der Waals surface area contributed by atoms with E-state index in [0.29, 0.717) is 16.3 Å². The number of nitrogens with two attached hydrogens (primary N) is 1. The van der Waals surface area contributed by atoms with Gasteiger partial charge in [0.05, 0.1) is 28.9 Å². The topological polar surface area (TPSA) is 64.8 Å². The second kappa shape index (κ2) is 5.18. The molecule has 2 rings (SSSR count). The Balaban J connectivity index is 2.46. The molecule has 6 heteroatoms. The Morgan fingerprint density at radius 3 is 2.24 bits per heavy atom. The molecule has 1 aromatic heterocycles. The zero-order chi connectivity index (χ0) is 16.0. The zero-order valence-corrected chi connectivity index (χ0v) is 14.4.